The molecular formula is C56H95NO15Si2. The first-order valence-corrected chi connectivity index (χ1v) is 32.0. The van der Waals surface area contributed by atoms with Crippen molar-refractivity contribution in [2.75, 3.05) is 6.61 Å². The maximum absolute atomic E-state index is 16.5. The van der Waals surface area contributed by atoms with Crippen LogP contribution in [0, 0.1) is 22.7 Å². The molecule has 0 aromatic heterocycles. The van der Waals surface area contributed by atoms with Crippen LogP contribution in [0.3, 0.4) is 0 Å². The fourth-order valence-corrected chi connectivity index (χ4v) is 21.9. The zero-order chi connectivity index (χ0) is 56.6. The summed E-state index contributed by atoms with van der Waals surface area (Å²) in [6.45, 7) is 40.3. The lowest BCUT2D eigenvalue weighted by Crippen LogP contribution is -2.82. The number of carbonyl (C=O) groups excluding carboxylic acids is 6. The average molecular weight is 1080 g/mol. The van der Waals surface area contributed by atoms with E-state index in [-0.39, 0.29) is 47.6 Å². The Balaban J connectivity index is 2.18. The lowest BCUT2D eigenvalue weighted by molar-refractivity contribution is -0.345. The van der Waals surface area contributed by atoms with Gasteiger partial charge in [-0.3, -0.25) is 14.4 Å². The van der Waals surface area contributed by atoms with Gasteiger partial charge in [-0.15, -0.1) is 0 Å². The first-order valence-electron chi connectivity index (χ1n) is 27.3. The van der Waals surface area contributed by atoms with Crippen LogP contribution in [0.15, 0.2) is 22.8 Å². The van der Waals surface area contributed by atoms with Crippen molar-refractivity contribution in [3.05, 3.63) is 22.8 Å². The molecule has 2 N–H and O–H groups in total. The Kier molecular flexibility index (Phi) is 19.8. The summed E-state index contributed by atoms with van der Waals surface area (Å²) in [4.78, 5) is 87.5. The van der Waals surface area contributed by atoms with Gasteiger partial charge in [-0.2, -0.15) is 0 Å². The van der Waals surface area contributed by atoms with E-state index < -0.39 is 135 Å². The van der Waals surface area contributed by atoms with E-state index in [9.17, 15) is 24.3 Å². The van der Waals surface area contributed by atoms with Gasteiger partial charge in [0, 0.05) is 38.2 Å². The summed E-state index contributed by atoms with van der Waals surface area (Å²) in [7, 11) is -5.60. The predicted octanol–water partition coefficient (Wildman–Crippen LogP) is 10.4. The van der Waals surface area contributed by atoms with Crippen LogP contribution in [0.25, 0.3) is 0 Å². The summed E-state index contributed by atoms with van der Waals surface area (Å²) in [6.07, 6.45) is -7.45. The van der Waals surface area contributed by atoms with Crippen LogP contribution < -0.4 is 5.32 Å². The van der Waals surface area contributed by atoms with E-state index in [1.54, 1.807) is 62.3 Å². The summed E-state index contributed by atoms with van der Waals surface area (Å²) in [5, 5.41) is 17.3. The summed E-state index contributed by atoms with van der Waals surface area (Å²) in [5.74, 6) is -5.22. The molecule has 0 radical (unpaired) electrons. The van der Waals surface area contributed by atoms with E-state index >= 15 is 9.59 Å². The number of ether oxygens (including phenoxy) is 6. The highest BCUT2D eigenvalue weighted by Crippen LogP contribution is 2.65. The van der Waals surface area contributed by atoms with Crippen molar-refractivity contribution >= 4 is 52.4 Å². The van der Waals surface area contributed by atoms with Gasteiger partial charge < -0.3 is 47.7 Å². The Morgan fingerprint density at radius 3 is 1.84 bits per heavy atom. The highest BCUT2D eigenvalue weighted by molar-refractivity contribution is 6.77. The third-order valence-corrected chi connectivity index (χ3v) is 27.9. The maximum atomic E-state index is 16.5. The molecule has 3 fully saturated rings. The van der Waals surface area contributed by atoms with Crippen LogP contribution in [0.2, 0.25) is 34.8 Å². The number of amides is 1. The van der Waals surface area contributed by atoms with Gasteiger partial charge in [0.25, 0.3) is 0 Å². The number of allylic oxidation sites excluding steroid dienone is 1. The minimum absolute atomic E-state index is 0.00120. The molecule has 2 saturated carbocycles. The molecule has 2 bridgehead atoms. The molecule has 0 spiro atoms. The van der Waals surface area contributed by atoms with Gasteiger partial charge in [0.1, 0.15) is 29.5 Å². The van der Waals surface area contributed by atoms with Crippen LogP contribution in [0.5, 0.6) is 0 Å². The van der Waals surface area contributed by atoms with Gasteiger partial charge in [0.05, 0.1) is 30.1 Å². The summed E-state index contributed by atoms with van der Waals surface area (Å²) < 4.78 is 52.8. The van der Waals surface area contributed by atoms with Crippen molar-refractivity contribution in [2.45, 2.75) is 266 Å². The fourth-order valence-electron chi connectivity index (χ4n) is 13.5. The van der Waals surface area contributed by atoms with Gasteiger partial charge >= 0.3 is 30.0 Å². The SMILES string of the molecule is CC[Si](CC)(CC)O[C@H]1C[C@H]2OC[C@@]2(OC(C)=O)C2[C@H](OC(=O)C=C(C)C)[C@]3(O)C[C@H](OC(=O)[C@H](O[Si](C(C)C)(C(C)C)C(C)C)[C@H](CC(C)C)NC(=O)OC(C)(C)C)C(C)=C([C@@H](OC(C)=O)C(=O)[C@@]21C)C3(C)C. The monoisotopic (exact) mass is 1080 g/mol. The van der Waals surface area contributed by atoms with Crippen LogP contribution >= 0.6 is 0 Å². The van der Waals surface area contributed by atoms with Gasteiger partial charge in [0.2, 0.25) is 8.32 Å². The number of ketones is 1. The number of hydrogen-bond acceptors (Lipinski definition) is 15. The van der Waals surface area contributed by atoms with Gasteiger partial charge in [-0.1, -0.05) is 95.6 Å². The van der Waals surface area contributed by atoms with E-state index in [0.717, 1.165) is 0 Å². The molecule has 4 aliphatic rings. The van der Waals surface area contributed by atoms with E-state index in [1.165, 1.54) is 19.9 Å². The summed E-state index contributed by atoms with van der Waals surface area (Å²) >= 11 is 0. The first-order chi connectivity index (χ1) is 33.9. The van der Waals surface area contributed by atoms with Gasteiger partial charge in [-0.25, -0.2) is 14.4 Å². The van der Waals surface area contributed by atoms with E-state index in [2.05, 4.69) is 67.6 Å². The number of hydrogen-bond donors (Lipinski definition) is 2. The topological polar surface area (TPSA) is 209 Å². The van der Waals surface area contributed by atoms with Crippen molar-refractivity contribution < 1.29 is 71.1 Å². The first kappa shape index (κ1) is 63.1. The number of alkyl carbamates (subject to hydrolysis) is 1. The molecule has 0 aromatic carbocycles. The lowest BCUT2D eigenvalue weighted by atomic mass is 9.44. The molecular weight excluding hydrogens is 983 g/mol. The predicted molar refractivity (Wildman–Crippen MR) is 287 cm³/mol. The van der Waals surface area contributed by atoms with E-state index in [0.29, 0.717) is 29.3 Å². The minimum Gasteiger partial charge on any atom is -0.456 e. The Bertz CT molecular complexity index is 2120. The standard InChI is InChI=1S/C56H95NO15Si2/c1-23-73(24-2,25-3)71-41-28-42-55(30-65-42,69-38(16)59)47-49(68-43(60)27-32(6)7)56(64)29-40(36(14)44(53(56,20)21)46(66-37(15)58)48(61)54(41,47)22)67-50(62)45(72-74(33(8)9,34(10)11)35(12)13)39(26-31(4)5)57-51(63)70-52(17,18)19/h27,31,33-35,39-42,45-47,49,64H,23-26,28-30H2,1-22H3,(H,57,63)/t39-,40-,41-,42+,45+,46+,47?,49-,54+,55-,56+/m0/s1. The molecule has 74 heavy (non-hydrogen) atoms. The minimum atomic E-state index is -2.98. The van der Waals surface area contributed by atoms with Crippen LogP contribution in [-0.2, 0) is 61.2 Å². The van der Waals surface area contributed by atoms with E-state index in [4.69, 9.17) is 37.3 Å². The van der Waals surface area contributed by atoms with Gasteiger partial charge in [0.15, 0.2) is 31.9 Å². The molecule has 1 aliphatic heterocycles. The van der Waals surface area contributed by atoms with Crippen LogP contribution in [0.4, 0.5) is 4.79 Å². The van der Waals surface area contributed by atoms with Crippen molar-refractivity contribution in [2.24, 2.45) is 22.7 Å². The number of aliphatic hydroxyl groups is 1. The quantitative estimate of drug-likeness (QED) is 0.0382. The van der Waals surface area contributed by atoms with Crippen molar-refractivity contribution in [3.8, 4) is 0 Å². The molecule has 16 nitrogen and oxygen atoms in total. The van der Waals surface area contributed by atoms with Gasteiger partial charge in [-0.05, 0) is 107 Å². The average Bonchev–Trinajstić information content (AvgIpc) is 3.24. The Labute approximate surface area is 445 Å². The molecule has 422 valence electrons. The van der Waals surface area contributed by atoms with Crippen LogP contribution in [0.1, 0.15) is 172 Å². The fraction of sp³-hybridized carbons (Fsp3) is 0.821. The highest BCUT2D eigenvalue weighted by Gasteiger charge is 2.79. The number of nitrogens with one attached hydrogen (secondary N) is 1. The number of esters is 4. The summed E-state index contributed by atoms with van der Waals surface area (Å²) in [5.41, 5.74) is -7.15. The molecule has 1 heterocycles. The Morgan fingerprint density at radius 1 is 0.851 bits per heavy atom. The molecule has 1 amide bonds. The lowest BCUT2D eigenvalue weighted by Gasteiger charge is -2.68. The molecule has 0 aromatic rings. The molecule has 18 heteroatoms. The van der Waals surface area contributed by atoms with Crippen molar-refractivity contribution in [1.29, 1.82) is 0 Å². The zero-order valence-corrected chi connectivity index (χ0v) is 51.1. The molecule has 1 saturated heterocycles. The second-order valence-electron chi connectivity index (χ2n) is 25.1. The summed E-state index contributed by atoms with van der Waals surface area (Å²) in [6, 6.07) is 1.16. The molecule has 1 unspecified atom stereocenters. The van der Waals surface area contributed by atoms with Crippen LogP contribution in [-0.4, -0.2) is 124 Å². The number of Topliss-reactive ketones (excluding diaryl/α,β-unsaturated/α-hetero) is 1. The highest BCUT2D eigenvalue weighted by atomic mass is 28.4. The Hall–Kier alpha value is -3.43. The third-order valence-electron chi connectivity index (χ3n) is 17.2. The Morgan fingerprint density at radius 2 is 1.41 bits per heavy atom. The smallest absolute Gasteiger partial charge is 0.407 e. The second-order valence-corrected chi connectivity index (χ2v) is 35.3. The number of carbonyl (C=O) groups is 6. The largest absolute Gasteiger partial charge is 0.456 e. The number of fused-ring (bicyclic) bond motifs is 5. The zero-order valence-electron chi connectivity index (χ0n) is 49.1. The molecule has 11 atom stereocenters. The molecule has 3 aliphatic carbocycles. The third kappa shape index (κ3) is 12.0. The molecule has 4 rings (SSSR count). The second kappa shape index (κ2) is 23.3. The maximum Gasteiger partial charge on any atom is 0.407 e. The van der Waals surface area contributed by atoms with Crippen molar-refractivity contribution in [3.63, 3.8) is 0 Å². The normalized spacial score (nSPS) is 29.7. The van der Waals surface area contributed by atoms with E-state index in [1.807, 2.05) is 13.8 Å². The van der Waals surface area contributed by atoms with Crippen molar-refractivity contribution in [1.82, 2.24) is 5.32 Å². The number of rotatable bonds is 20.